The molecule has 0 aliphatic carbocycles. The van der Waals surface area contributed by atoms with E-state index >= 15 is 0 Å². The second kappa shape index (κ2) is 6.38. The van der Waals surface area contributed by atoms with Gasteiger partial charge >= 0.3 is 0 Å². The van der Waals surface area contributed by atoms with Crippen LogP contribution in [0.1, 0.15) is 12.5 Å². The van der Waals surface area contributed by atoms with Crippen LogP contribution in [0, 0.1) is 0 Å². The quantitative estimate of drug-likeness (QED) is 0.618. The highest BCUT2D eigenvalue weighted by atomic mass is 32.2. The Morgan fingerprint density at radius 3 is 2.74 bits per heavy atom. The summed E-state index contributed by atoms with van der Waals surface area (Å²) >= 11 is 0. The summed E-state index contributed by atoms with van der Waals surface area (Å²) in [6, 6.07) is 6.68. The highest BCUT2D eigenvalue weighted by molar-refractivity contribution is 7.90. The van der Waals surface area contributed by atoms with E-state index in [0.29, 0.717) is 5.69 Å². The van der Waals surface area contributed by atoms with Gasteiger partial charge in [-0.1, -0.05) is 12.1 Å². The second-order valence-corrected chi connectivity index (χ2v) is 6.69. The molecule has 3 N–H and O–H groups in total. The predicted octanol–water partition coefficient (Wildman–Crippen LogP) is 0.831. The van der Waals surface area contributed by atoms with Gasteiger partial charge in [-0.2, -0.15) is 0 Å². The van der Waals surface area contributed by atoms with E-state index < -0.39 is 15.9 Å². The summed E-state index contributed by atoms with van der Waals surface area (Å²) < 4.78 is 22.1. The molecular formula is C13H18N2O3S. The molecule has 0 aromatic heterocycles. The first kappa shape index (κ1) is 15.2. The molecule has 0 aliphatic heterocycles. The lowest BCUT2D eigenvalue weighted by Crippen LogP contribution is -2.36. The van der Waals surface area contributed by atoms with Crippen LogP contribution in [0.25, 0.3) is 6.08 Å². The highest BCUT2D eigenvalue weighted by Gasteiger charge is 2.11. The van der Waals surface area contributed by atoms with Crippen LogP contribution in [-0.2, 0) is 14.6 Å². The molecule has 0 saturated heterocycles. The summed E-state index contributed by atoms with van der Waals surface area (Å²) in [5.41, 5.74) is 7.04. The Kier molecular flexibility index (Phi) is 5.11. The molecule has 0 saturated carbocycles. The molecule has 104 valence electrons. The van der Waals surface area contributed by atoms with Gasteiger partial charge in [0.15, 0.2) is 0 Å². The molecule has 1 aromatic carbocycles. The normalized spacial score (nSPS) is 13.4. The first-order chi connectivity index (χ1) is 8.76. The third-order valence-electron chi connectivity index (χ3n) is 2.28. The molecule has 0 spiro atoms. The molecule has 1 aromatic rings. The van der Waals surface area contributed by atoms with E-state index in [1.165, 1.54) is 6.08 Å². The van der Waals surface area contributed by atoms with Crippen LogP contribution in [0.5, 0.6) is 0 Å². The number of carbonyl (C=O) groups excluding carboxylic acids is 1. The van der Waals surface area contributed by atoms with E-state index in [-0.39, 0.29) is 11.7 Å². The molecule has 1 unspecified atom stereocenters. The van der Waals surface area contributed by atoms with Crippen molar-refractivity contribution in [3.63, 3.8) is 0 Å². The van der Waals surface area contributed by atoms with E-state index in [2.05, 4.69) is 5.32 Å². The fraction of sp³-hybridized carbons (Fsp3) is 0.308. The lowest BCUT2D eigenvalue weighted by Gasteiger charge is -2.10. The summed E-state index contributed by atoms with van der Waals surface area (Å²) in [6.45, 7) is 1.65. The fourth-order valence-electron chi connectivity index (χ4n) is 1.62. The summed E-state index contributed by atoms with van der Waals surface area (Å²) in [5, 5.41) is 2.59. The molecule has 5 nitrogen and oxygen atoms in total. The van der Waals surface area contributed by atoms with E-state index in [4.69, 9.17) is 5.73 Å². The van der Waals surface area contributed by atoms with E-state index in [9.17, 15) is 13.2 Å². The smallest absolute Gasteiger partial charge is 0.244 e. The molecule has 0 aliphatic rings. The maximum atomic E-state index is 11.6. The number of amides is 1. The van der Waals surface area contributed by atoms with Gasteiger partial charge in [-0.25, -0.2) is 8.42 Å². The van der Waals surface area contributed by atoms with Gasteiger partial charge in [-0.3, -0.25) is 4.79 Å². The number of hydrogen-bond donors (Lipinski definition) is 2. The van der Waals surface area contributed by atoms with Gasteiger partial charge < -0.3 is 11.1 Å². The van der Waals surface area contributed by atoms with Gasteiger partial charge in [-0.15, -0.1) is 0 Å². The molecule has 0 fully saturated rings. The summed E-state index contributed by atoms with van der Waals surface area (Å²) in [7, 11) is -3.10. The number of hydrogen-bond acceptors (Lipinski definition) is 4. The van der Waals surface area contributed by atoms with E-state index in [0.717, 1.165) is 11.8 Å². The molecule has 0 radical (unpaired) electrons. The van der Waals surface area contributed by atoms with Crippen molar-refractivity contribution < 1.29 is 13.2 Å². The van der Waals surface area contributed by atoms with Crippen molar-refractivity contribution in [1.82, 2.24) is 5.32 Å². The van der Waals surface area contributed by atoms with E-state index in [1.54, 1.807) is 31.2 Å². The highest BCUT2D eigenvalue weighted by Crippen LogP contribution is 2.07. The minimum absolute atomic E-state index is 0.0785. The number of carbonyl (C=O) groups is 1. The molecule has 0 bridgehead atoms. The number of nitrogen functional groups attached to an aromatic ring is 1. The number of nitrogens with two attached hydrogens (primary N) is 1. The molecule has 6 heteroatoms. The maximum absolute atomic E-state index is 11.6. The zero-order valence-electron chi connectivity index (χ0n) is 11.0. The minimum atomic E-state index is -3.10. The van der Waals surface area contributed by atoms with Crippen LogP contribution in [0.4, 0.5) is 5.69 Å². The Morgan fingerprint density at radius 1 is 1.47 bits per heavy atom. The van der Waals surface area contributed by atoms with Crippen LogP contribution >= 0.6 is 0 Å². The number of anilines is 1. The van der Waals surface area contributed by atoms with Crippen molar-refractivity contribution in [1.29, 1.82) is 0 Å². The van der Waals surface area contributed by atoms with Crippen molar-refractivity contribution >= 4 is 27.5 Å². The molecule has 0 heterocycles. The lowest BCUT2D eigenvalue weighted by atomic mass is 10.2. The van der Waals surface area contributed by atoms with Crippen LogP contribution in [-0.4, -0.2) is 32.4 Å². The topological polar surface area (TPSA) is 89.3 Å². The minimum Gasteiger partial charge on any atom is -0.399 e. The van der Waals surface area contributed by atoms with Gasteiger partial charge in [0.05, 0.1) is 5.75 Å². The Bertz CT molecular complexity index is 579. The monoisotopic (exact) mass is 282 g/mol. The summed E-state index contributed by atoms with van der Waals surface area (Å²) in [4.78, 5) is 11.6. The Balaban J connectivity index is 2.56. The van der Waals surface area contributed by atoms with E-state index in [1.807, 2.05) is 6.07 Å². The zero-order valence-corrected chi connectivity index (χ0v) is 11.8. The Morgan fingerprint density at radius 2 is 2.16 bits per heavy atom. The average Bonchev–Trinajstić information content (AvgIpc) is 2.23. The zero-order chi connectivity index (χ0) is 14.5. The molecule has 1 rings (SSSR count). The lowest BCUT2D eigenvalue weighted by molar-refractivity contribution is -0.116. The summed E-state index contributed by atoms with van der Waals surface area (Å²) in [5.74, 6) is -0.413. The van der Waals surface area contributed by atoms with Gasteiger partial charge in [0.25, 0.3) is 0 Å². The maximum Gasteiger partial charge on any atom is 0.244 e. The largest absolute Gasteiger partial charge is 0.399 e. The van der Waals surface area contributed by atoms with Crippen LogP contribution in [0.3, 0.4) is 0 Å². The number of rotatable bonds is 5. The second-order valence-electron chi connectivity index (χ2n) is 4.51. The SMILES string of the molecule is CC(CS(C)(=O)=O)NC(=O)/C=C/c1cccc(N)c1. The molecule has 1 amide bonds. The van der Waals surface area contributed by atoms with Gasteiger partial charge in [0.1, 0.15) is 9.84 Å². The van der Waals surface area contributed by atoms with Crippen molar-refractivity contribution in [3.05, 3.63) is 35.9 Å². The third kappa shape index (κ3) is 6.61. The van der Waals surface area contributed by atoms with Gasteiger partial charge in [-0.05, 0) is 30.7 Å². The van der Waals surface area contributed by atoms with Crippen LogP contribution < -0.4 is 11.1 Å². The van der Waals surface area contributed by atoms with Gasteiger partial charge in [0.2, 0.25) is 5.91 Å². The Labute approximate surface area is 113 Å². The molecular weight excluding hydrogens is 264 g/mol. The number of sulfone groups is 1. The average molecular weight is 282 g/mol. The van der Waals surface area contributed by atoms with Crippen molar-refractivity contribution in [3.8, 4) is 0 Å². The van der Waals surface area contributed by atoms with Gasteiger partial charge in [0, 0.05) is 24.1 Å². The predicted molar refractivity (Wildman–Crippen MR) is 77.2 cm³/mol. The number of nitrogens with one attached hydrogen (secondary N) is 1. The molecule has 1 atom stereocenters. The fourth-order valence-corrected chi connectivity index (χ4v) is 2.61. The van der Waals surface area contributed by atoms with Crippen molar-refractivity contribution in [2.45, 2.75) is 13.0 Å². The molecule has 19 heavy (non-hydrogen) atoms. The Hall–Kier alpha value is -1.82. The first-order valence-corrected chi connectivity index (χ1v) is 7.84. The standard InChI is InChI=1S/C13H18N2O3S/c1-10(9-19(2,17)18)15-13(16)7-6-11-4-3-5-12(14)8-11/h3-8,10H,9,14H2,1-2H3,(H,15,16)/b7-6+. The van der Waals surface area contributed by atoms with Crippen molar-refractivity contribution in [2.75, 3.05) is 17.7 Å². The summed E-state index contributed by atoms with van der Waals surface area (Å²) in [6.07, 6.45) is 4.12. The first-order valence-electron chi connectivity index (χ1n) is 5.78. The van der Waals surface area contributed by atoms with Crippen LogP contribution in [0.2, 0.25) is 0 Å². The number of benzene rings is 1. The third-order valence-corrected chi connectivity index (χ3v) is 3.38. The van der Waals surface area contributed by atoms with Crippen molar-refractivity contribution in [2.24, 2.45) is 0 Å². The van der Waals surface area contributed by atoms with Crippen LogP contribution in [0.15, 0.2) is 30.3 Å².